The second-order valence-corrected chi connectivity index (χ2v) is 8.97. The Labute approximate surface area is 155 Å². The molecular weight excluding hydrogens is 357 g/mol. The quantitative estimate of drug-likeness (QED) is 0.816. The van der Waals surface area contributed by atoms with Crippen molar-refractivity contribution in [2.75, 3.05) is 42.6 Å². The van der Waals surface area contributed by atoms with Crippen LogP contribution in [0.1, 0.15) is 19.3 Å². The minimum atomic E-state index is -0.212. The summed E-state index contributed by atoms with van der Waals surface area (Å²) < 4.78 is 14.2. The van der Waals surface area contributed by atoms with Gasteiger partial charge in [-0.1, -0.05) is 11.3 Å². The zero-order chi connectivity index (χ0) is 17.2. The minimum Gasteiger partial charge on any atom is -0.348 e. The molecule has 7 heteroatoms. The average molecular weight is 380 g/mol. The number of hydrogen-bond donors (Lipinski definition) is 0. The molecule has 3 heterocycles. The van der Waals surface area contributed by atoms with Crippen LogP contribution in [0.15, 0.2) is 18.2 Å². The van der Waals surface area contributed by atoms with Gasteiger partial charge in [-0.2, -0.15) is 11.8 Å². The Morgan fingerprint density at radius 3 is 2.72 bits per heavy atom. The zero-order valence-corrected chi connectivity index (χ0v) is 15.8. The molecular formula is C18H22FN3OS2. The standard InChI is InChI=1S/C18H22FN3OS2/c19-14-1-2-15-16(12-14)25-18(20-15)22-5-3-13(4-6-22)11-17(23)21-7-9-24-10-8-21/h1-2,12-13H,3-11H2. The van der Waals surface area contributed by atoms with Gasteiger partial charge in [-0.05, 0) is 37.0 Å². The molecule has 0 N–H and O–H groups in total. The van der Waals surface area contributed by atoms with E-state index < -0.39 is 0 Å². The van der Waals surface area contributed by atoms with Gasteiger partial charge >= 0.3 is 0 Å². The van der Waals surface area contributed by atoms with Gasteiger partial charge in [0.25, 0.3) is 0 Å². The molecule has 0 saturated carbocycles. The number of benzene rings is 1. The first-order chi connectivity index (χ1) is 12.2. The fourth-order valence-electron chi connectivity index (χ4n) is 3.54. The monoisotopic (exact) mass is 379 g/mol. The van der Waals surface area contributed by atoms with E-state index in [0.29, 0.717) is 18.2 Å². The molecule has 0 unspecified atom stereocenters. The van der Waals surface area contributed by atoms with E-state index in [1.807, 2.05) is 16.7 Å². The number of nitrogens with zero attached hydrogens (tertiary/aromatic N) is 3. The molecule has 2 aliphatic rings. The summed E-state index contributed by atoms with van der Waals surface area (Å²) in [5.41, 5.74) is 0.863. The minimum absolute atomic E-state index is 0.212. The molecule has 0 radical (unpaired) electrons. The van der Waals surface area contributed by atoms with Gasteiger partial charge in [0.15, 0.2) is 5.13 Å². The van der Waals surface area contributed by atoms with Crippen molar-refractivity contribution in [1.29, 1.82) is 0 Å². The van der Waals surface area contributed by atoms with E-state index in [9.17, 15) is 9.18 Å². The zero-order valence-electron chi connectivity index (χ0n) is 14.1. The lowest BCUT2D eigenvalue weighted by Crippen LogP contribution is -2.40. The lowest BCUT2D eigenvalue weighted by atomic mass is 9.93. The predicted octanol–water partition coefficient (Wildman–Crippen LogP) is 3.62. The second kappa shape index (κ2) is 7.50. The maximum atomic E-state index is 13.3. The Morgan fingerprint density at radius 1 is 1.20 bits per heavy atom. The molecule has 2 aromatic rings. The van der Waals surface area contributed by atoms with Gasteiger partial charge in [0, 0.05) is 44.1 Å². The van der Waals surface area contributed by atoms with Crippen LogP contribution in [0, 0.1) is 11.7 Å². The number of aromatic nitrogens is 1. The summed E-state index contributed by atoms with van der Waals surface area (Å²) in [6.07, 6.45) is 2.74. The smallest absolute Gasteiger partial charge is 0.222 e. The summed E-state index contributed by atoms with van der Waals surface area (Å²) in [5.74, 6) is 2.74. The van der Waals surface area contributed by atoms with Crippen molar-refractivity contribution in [3.63, 3.8) is 0 Å². The van der Waals surface area contributed by atoms with Crippen molar-refractivity contribution >= 4 is 44.4 Å². The van der Waals surface area contributed by atoms with Gasteiger partial charge in [-0.3, -0.25) is 4.79 Å². The fraction of sp³-hybridized carbons (Fsp3) is 0.556. The number of halogens is 1. The van der Waals surface area contributed by atoms with E-state index in [4.69, 9.17) is 0 Å². The molecule has 4 rings (SSSR count). The van der Waals surface area contributed by atoms with Gasteiger partial charge in [-0.25, -0.2) is 9.37 Å². The third kappa shape index (κ3) is 3.92. The Morgan fingerprint density at radius 2 is 1.96 bits per heavy atom. The van der Waals surface area contributed by atoms with E-state index in [1.165, 1.54) is 6.07 Å². The van der Waals surface area contributed by atoms with Crippen molar-refractivity contribution in [1.82, 2.24) is 9.88 Å². The van der Waals surface area contributed by atoms with E-state index >= 15 is 0 Å². The normalized spacial score (nSPS) is 19.6. The number of hydrogen-bond acceptors (Lipinski definition) is 5. The molecule has 4 nitrogen and oxygen atoms in total. The Bertz CT molecular complexity index is 752. The van der Waals surface area contributed by atoms with Crippen LogP contribution in [0.5, 0.6) is 0 Å². The largest absolute Gasteiger partial charge is 0.348 e. The number of carbonyl (C=O) groups excluding carboxylic acids is 1. The van der Waals surface area contributed by atoms with Gasteiger partial charge < -0.3 is 9.80 Å². The Balaban J connectivity index is 1.33. The molecule has 134 valence electrons. The molecule has 0 aliphatic carbocycles. The summed E-state index contributed by atoms with van der Waals surface area (Å²) in [6, 6.07) is 4.76. The molecule has 2 saturated heterocycles. The second-order valence-electron chi connectivity index (χ2n) is 6.74. The fourth-order valence-corrected chi connectivity index (χ4v) is 5.48. The van der Waals surface area contributed by atoms with Crippen molar-refractivity contribution in [2.45, 2.75) is 19.3 Å². The van der Waals surface area contributed by atoms with Crippen LogP contribution in [0.2, 0.25) is 0 Å². The number of thioether (sulfide) groups is 1. The summed E-state index contributed by atoms with van der Waals surface area (Å²) >= 11 is 3.49. The van der Waals surface area contributed by atoms with Crippen molar-refractivity contribution in [3.05, 3.63) is 24.0 Å². The van der Waals surface area contributed by atoms with E-state index in [-0.39, 0.29) is 5.82 Å². The van der Waals surface area contributed by atoms with E-state index in [1.54, 1.807) is 23.5 Å². The number of fused-ring (bicyclic) bond motifs is 1. The van der Waals surface area contributed by atoms with Gasteiger partial charge in [0.05, 0.1) is 10.2 Å². The predicted molar refractivity (Wildman–Crippen MR) is 103 cm³/mol. The highest BCUT2D eigenvalue weighted by Crippen LogP contribution is 2.32. The highest BCUT2D eigenvalue weighted by atomic mass is 32.2. The number of piperidine rings is 1. The summed E-state index contributed by atoms with van der Waals surface area (Å²) in [6.45, 7) is 3.67. The topological polar surface area (TPSA) is 36.4 Å². The first-order valence-corrected chi connectivity index (χ1v) is 10.8. The molecule has 1 aromatic heterocycles. The van der Waals surface area contributed by atoms with Gasteiger partial charge in [0.2, 0.25) is 5.91 Å². The van der Waals surface area contributed by atoms with E-state index in [2.05, 4.69) is 9.88 Å². The highest BCUT2D eigenvalue weighted by molar-refractivity contribution is 7.99. The number of rotatable bonds is 3. The molecule has 1 aromatic carbocycles. The highest BCUT2D eigenvalue weighted by Gasteiger charge is 2.26. The van der Waals surface area contributed by atoms with Crippen LogP contribution in [0.25, 0.3) is 10.2 Å². The molecule has 2 fully saturated rings. The van der Waals surface area contributed by atoms with Gasteiger partial charge in [-0.15, -0.1) is 0 Å². The lowest BCUT2D eigenvalue weighted by Gasteiger charge is -2.33. The van der Waals surface area contributed by atoms with Crippen LogP contribution in [0.3, 0.4) is 0 Å². The lowest BCUT2D eigenvalue weighted by molar-refractivity contribution is -0.132. The van der Waals surface area contributed by atoms with Crippen molar-refractivity contribution in [2.24, 2.45) is 5.92 Å². The first kappa shape index (κ1) is 17.1. The number of amides is 1. The number of carbonyl (C=O) groups is 1. The molecule has 25 heavy (non-hydrogen) atoms. The van der Waals surface area contributed by atoms with E-state index in [0.717, 1.165) is 65.9 Å². The molecule has 0 atom stereocenters. The first-order valence-electron chi connectivity index (χ1n) is 8.85. The third-order valence-corrected chi connectivity index (χ3v) is 7.07. The molecule has 0 bridgehead atoms. The molecule has 1 amide bonds. The number of anilines is 1. The number of thiazole rings is 1. The maximum Gasteiger partial charge on any atom is 0.222 e. The van der Waals surface area contributed by atoms with Crippen LogP contribution in [-0.2, 0) is 4.79 Å². The summed E-state index contributed by atoms with van der Waals surface area (Å²) in [5, 5.41) is 0.971. The van der Waals surface area contributed by atoms with Crippen molar-refractivity contribution < 1.29 is 9.18 Å². The van der Waals surface area contributed by atoms with Crippen LogP contribution in [-0.4, -0.2) is 53.5 Å². The summed E-state index contributed by atoms with van der Waals surface area (Å²) in [7, 11) is 0. The Kier molecular flexibility index (Phi) is 5.12. The molecule has 0 spiro atoms. The van der Waals surface area contributed by atoms with Crippen LogP contribution in [0.4, 0.5) is 9.52 Å². The summed E-state index contributed by atoms with van der Waals surface area (Å²) in [4.78, 5) is 21.4. The Hall–Kier alpha value is -1.34. The van der Waals surface area contributed by atoms with Crippen molar-refractivity contribution in [3.8, 4) is 0 Å². The third-order valence-electron chi connectivity index (χ3n) is 5.05. The van der Waals surface area contributed by atoms with Crippen LogP contribution < -0.4 is 4.90 Å². The van der Waals surface area contributed by atoms with Gasteiger partial charge in [0.1, 0.15) is 5.82 Å². The SMILES string of the molecule is O=C(CC1CCN(c2nc3ccc(F)cc3s2)CC1)N1CCSCC1. The molecule has 2 aliphatic heterocycles. The maximum absolute atomic E-state index is 13.3. The van der Waals surface area contributed by atoms with Crippen LogP contribution >= 0.6 is 23.1 Å². The average Bonchev–Trinajstić information content (AvgIpc) is 3.06.